The van der Waals surface area contributed by atoms with Gasteiger partial charge in [-0.05, 0) is 48.8 Å². The molecule has 4 rings (SSSR count). The Morgan fingerprint density at radius 2 is 1.72 bits per heavy atom. The van der Waals surface area contributed by atoms with E-state index in [-0.39, 0.29) is 12.2 Å². The number of rotatable bonds is 5. The summed E-state index contributed by atoms with van der Waals surface area (Å²) in [4.78, 5) is 17.2. The first-order chi connectivity index (χ1) is 13.8. The zero-order valence-electron chi connectivity index (χ0n) is 17.3. The van der Waals surface area contributed by atoms with Crippen LogP contribution in [0.5, 0.6) is 0 Å². The molecule has 3 N–H and O–H groups in total. The molecule has 156 valence electrons. The average molecular weight is 396 g/mol. The lowest BCUT2D eigenvalue weighted by atomic mass is 9.97. The van der Waals surface area contributed by atoms with E-state index in [9.17, 15) is 4.79 Å². The van der Waals surface area contributed by atoms with E-state index in [0.29, 0.717) is 12.6 Å². The van der Waals surface area contributed by atoms with Crippen LogP contribution in [0.2, 0.25) is 0 Å². The van der Waals surface area contributed by atoms with Crippen LogP contribution in [0.3, 0.4) is 0 Å². The molecule has 0 saturated carbocycles. The fourth-order valence-corrected chi connectivity index (χ4v) is 4.42. The highest BCUT2D eigenvalue weighted by molar-refractivity contribution is 5.68. The van der Waals surface area contributed by atoms with Crippen molar-refractivity contribution >= 4 is 6.09 Å². The molecule has 0 radical (unpaired) electrons. The van der Waals surface area contributed by atoms with E-state index >= 15 is 0 Å². The third-order valence-corrected chi connectivity index (χ3v) is 6.06. The van der Waals surface area contributed by atoms with Gasteiger partial charge in [0, 0.05) is 32.2 Å². The van der Waals surface area contributed by atoms with Gasteiger partial charge in [0.2, 0.25) is 0 Å². The van der Waals surface area contributed by atoms with Crippen molar-refractivity contribution in [2.75, 3.05) is 19.6 Å². The Kier molecular flexibility index (Phi) is 7.67. The van der Waals surface area contributed by atoms with Crippen LogP contribution in [0.1, 0.15) is 42.4 Å². The van der Waals surface area contributed by atoms with Crippen LogP contribution in [0.4, 0.5) is 4.79 Å². The number of likely N-dealkylation sites (tertiary alicyclic amines) is 1. The molecule has 0 aliphatic carbocycles. The summed E-state index contributed by atoms with van der Waals surface area (Å²) in [5.74, 6) is 0. The minimum Gasteiger partial charge on any atom is -0.445 e. The van der Waals surface area contributed by atoms with Gasteiger partial charge in [-0.3, -0.25) is 4.90 Å². The predicted molar refractivity (Wildman–Crippen MR) is 116 cm³/mol. The zero-order valence-corrected chi connectivity index (χ0v) is 17.3. The van der Waals surface area contributed by atoms with Crippen LogP contribution in [0.25, 0.3) is 0 Å². The quantitative estimate of drug-likeness (QED) is 0.790. The van der Waals surface area contributed by atoms with Crippen LogP contribution in [-0.2, 0) is 24.3 Å². The highest BCUT2D eigenvalue weighted by Gasteiger charge is 2.28. The number of carbonyl (C=O) groups is 1. The number of hydrogen-bond acceptors (Lipinski definition) is 4. The fourth-order valence-electron chi connectivity index (χ4n) is 4.42. The lowest BCUT2D eigenvalue weighted by Gasteiger charge is -2.37. The Morgan fingerprint density at radius 1 is 0.966 bits per heavy atom. The maximum Gasteiger partial charge on any atom is 0.410 e. The Hall–Kier alpha value is -2.37. The van der Waals surface area contributed by atoms with E-state index < -0.39 is 0 Å². The van der Waals surface area contributed by atoms with Gasteiger partial charge >= 0.3 is 6.09 Å². The van der Waals surface area contributed by atoms with Gasteiger partial charge in [0.1, 0.15) is 6.61 Å². The number of hydrogen-bond donors (Lipinski definition) is 1. The summed E-state index contributed by atoms with van der Waals surface area (Å²) in [5.41, 5.74) is 3.98. The molecule has 5 heteroatoms. The zero-order chi connectivity index (χ0) is 19.2. The monoisotopic (exact) mass is 395 g/mol. The Bertz CT molecular complexity index is 781. The number of fused-ring (bicyclic) bond motifs is 1. The molecule has 2 aromatic carbocycles. The van der Waals surface area contributed by atoms with E-state index in [2.05, 4.69) is 29.2 Å². The van der Waals surface area contributed by atoms with E-state index in [1.54, 1.807) is 0 Å². The standard InChI is InChI=1S/C24H30N2O2.H3N/c27-24(28-19-20-8-2-1-3-9-20)26-15-7-6-12-23(26)14-17-25-16-13-21-10-4-5-11-22(21)18-25;/h1-5,8-11,23H,6-7,12-19H2;1H3. The maximum absolute atomic E-state index is 12.7. The molecular weight excluding hydrogens is 362 g/mol. The molecule has 1 fully saturated rings. The average Bonchev–Trinajstić information content (AvgIpc) is 2.77. The smallest absolute Gasteiger partial charge is 0.410 e. The molecule has 1 amide bonds. The molecule has 2 aromatic rings. The Balaban J connectivity index is 0.00000240. The van der Waals surface area contributed by atoms with Crippen LogP contribution < -0.4 is 6.15 Å². The number of ether oxygens (including phenoxy) is 1. The molecular formula is C24H33N3O2. The van der Waals surface area contributed by atoms with Crippen LogP contribution >= 0.6 is 0 Å². The Labute approximate surface area is 174 Å². The second kappa shape index (κ2) is 10.4. The topological polar surface area (TPSA) is 67.8 Å². The number of piperidine rings is 1. The molecule has 1 unspecified atom stereocenters. The molecule has 2 aliphatic rings. The summed E-state index contributed by atoms with van der Waals surface area (Å²) < 4.78 is 5.61. The summed E-state index contributed by atoms with van der Waals surface area (Å²) in [6, 6.07) is 19.0. The summed E-state index contributed by atoms with van der Waals surface area (Å²) in [6.45, 7) is 4.36. The predicted octanol–water partition coefficient (Wildman–Crippen LogP) is 4.79. The molecule has 0 bridgehead atoms. The van der Waals surface area contributed by atoms with Gasteiger partial charge < -0.3 is 15.8 Å². The van der Waals surface area contributed by atoms with E-state index in [0.717, 1.165) is 57.4 Å². The second-order valence-corrected chi connectivity index (χ2v) is 7.97. The highest BCUT2D eigenvalue weighted by atomic mass is 16.6. The first-order valence-corrected chi connectivity index (χ1v) is 10.6. The molecule has 5 nitrogen and oxygen atoms in total. The Morgan fingerprint density at radius 3 is 2.55 bits per heavy atom. The van der Waals surface area contributed by atoms with Gasteiger partial charge in [-0.2, -0.15) is 0 Å². The van der Waals surface area contributed by atoms with E-state index in [1.807, 2.05) is 35.2 Å². The van der Waals surface area contributed by atoms with Crippen molar-refractivity contribution in [3.05, 3.63) is 71.3 Å². The first kappa shape index (κ1) is 21.3. The van der Waals surface area contributed by atoms with Crippen LogP contribution in [0.15, 0.2) is 54.6 Å². The molecule has 2 aliphatic heterocycles. The second-order valence-electron chi connectivity index (χ2n) is 7.97. The SMILES string of the molecule is N.O=C(OCc1ccccc1)N1CCCCC1CCN1CCc2ccccc2C1. The molecule has 1 atom stereocenters. The van der Waals surface area contributed by atoms with E-state index in [4.69, 9.17) is 4.74 Å². The number of amides is 1. The number of carbonyl (C=O) groups excluding carboxylic acids is 1. The van der Waals surface area contributed by atoms with Crippen LogP contribution in [0, 0.1) is 0 Å². The third-order valence-electron chi connectivity index (χ3n) is 6.06. The van der Waals surface area contributed by atoms with Crippen molar-refractivity contribution in [3.8, 4) is 0 Å². The van der Waals surface area contributed by atoms with E-state index in [1.165, 1.54) is 17.5 Å². The van der Waals surface area contributed by atoms with Crippen molar-refractivity contribution in [1.29, 1.82) is 0 Å². The van der Waals surface area contributed by atoms with Crippen molar-refractivity contribution in [1.82, 2.24) is 16.0 Å². The molecule has 0 aromatic heterocycles. The summed E-state index contributed by atoms with van der Waals surface area (Å²) in [7, 11) is 0. The minimum absolute atomic E-state index is 0. The fraction of sp³-hybridized carbons (Fsp3) is 0.458. The van der Waals surface area contributed by atoms with Gasteiger partial charge in [-0.1, -0.05) is 54.6 Å². The first-order valence-electron chi connectivity index (χ1n) is 10.6. The van der Waals surface area contributed by atoms with Gasteiger partial charge in [0.25, 0.3) is 0 Å². The largest absolute Gasteiger partial charge is 0.445 e. The third kappa shape index (κ3) is 5.58. The van der Waals surface area contributed by atoms with Gasteiger partial charge in [-0.15, -0.1) is 0 Å². The van der Waals surface area contributed by atoms with Gasteiger partial charge in [0.15, 0.2) is 0 Å². The van der Waals surface area contributed by atoms with Gasteiger partial charge in [0.05, 0.1) is 0 Å². The number of benzene rings is 2. The summed E-state index contributed by atoms with van der Waals surface area (Å²) >= 11 is 0. The lowest BCUT2D eigenvalue weighted by molar-refractivity contribution is 0.0623. The van der Waals surface area contributed by atoms with Crippen molar-refractivity contribution in [3.63, 3.8) is 0 Å². The van der Waals surface area contributed by atoms with Crippen molar-refractivity contribution in [2.24, 2.45) is 0 Å². The lowest BCUT2D eigenvalue weighted by Crippen LogP contribution is -2.45. The highest BCUT2D eigenvalue weighted by Crippen LogP contribution is 2.23. The normalized spacial score (nSPS) is 19.2. The molecule has 2 heterocycles. The van der Waals surface area contributed by atoms with Crippen molar-refractivity contribution < 1.29 is 9.53 Å². The van der Waals surface area contributed by atoms with Crippen LogP contribution in [-0.4, -0.2) is 41.6 Å². The molecule has 29 heavy (non-hydrogen) atoms. The van der Waals surface area contributed by atoms with Gasteiger partial charge in [-0.25, -0.2) is 4.79 Å². The summed E-state index contributed by atoms with van der Waals surface area (Å²) in [6.07, 6.45) is 5.37. The minimum atomic E-state index is -0.155. The number of nitrogens with zero attached hydrogens (tertiary/aromatic N) is 2. The molecule has 0 spiro atoms. The molecule has 1 saturated heterocycles. The maximum atomic E-state index is 12.7. The van der Waals surface area contributed by atoms with Crippen molar-refractivity contribution in [2.45, 2.75) is 51.3 Å². The summed E-state index contributed by atoms with van der Waals surface area (Å²) in [5, 5.41) is 0.